The topological polar surface area (TPSA) is 6.48 Å². The molecule has 0 unspecified atom stereocenters. The quantitative estimate of drug-likeness (QED) is 0.832. The fraction of sp³-hybridized carbons (Fsp3) is 0.714. The lowest BCUT2D eigenvalue weighted by Crippen LogP contribution is -2.54. The minimum atomic E-state index is 0.541. The third-order valence-corrected chi connectivity index (χ3v) is 7.84. The van der Waals surface area contributed by atoms with Gasteiger partial charge in [-0.2, -0.15) is 0 Å². The van der Waals surface area contributed by atoms with Crippen LogP contribution in [-0.4, -0.2) is 42.0 Å². The number of nitrogens with zero attached hydrogens (tertiary/aromatic N) is 2. The molecule has 2 aliphatic carbocycles. The molecule has 2 heteroatoms. The minimum absolute atomic E-state index is 0.541. The van der Waals surface area contributed by atoms with E-state index in [4.69, 9.17) is 0 Å². The van der Waals surface area contributed by atoms with Crippen molar-refractivity contribution in [3.8, 4) is 0 Å². The van der Waals surface area contributed by atoms with Crippen molar-refractivity contribution in [3.05, 3.63) is 35.9 Å². The average Bonchev–Trinajstić information content (AvgIpc) is 2.90. The van der Waals surface area contributed by atoms with Crippen molar-refractivity contribution in [1.29, 1.82) is 0 Å². The highest BCUT2D eigenvalue weighted by molar-refractivity contribution is 5.15. The van der Waals surface area contributed by atoms with Crippen LogP contribution in [0.2, 0.25) is 0 Å². The molecule has 1 aromatic carbocycles. The van der Waals surface area contributed by atoms with Gasteiger partial charge in [0.25, 0.3) is 0 Å². The van der Waals surface area contributed by atoms with Crippen LogP contribution in [-0.2, 0) is 6.54 Å². The van der Waals surface area contributed by atoms with Crippen LogP contribution < -0.4 is 0 Å². The predicted octanol–water partition coefficient (Wildman–Crippen LogP) is 4.02. The van der Waals surface area contributed by atoms with Crippen LogP contribution in [0.4, 0.5) is 0 Å². The molecule has 2 bridgehead atoms. The molecule has 1 saturated heterocycles. The first kappa shape index (κ1) is 15.7. The molecule has 1 heterocycles. The Morgan fingerprint density at radius 2 is 1.70 bits per heavy atom. The Hall–Kier alpha value is -0.860. The fourth-order valence-electron chi connectivity index (χ4n) is 5.79. The van der Waals surface area contributed by atoms with E-state index in [0.29, 0.717) is 10.8 Å². The molecule has 3 atom stereocenters. The van der Waals surface area contributed by atoms with Crippen LogP contribution in [0.25, 0.3) is 0 Å². The minimum Gasteiger partial charge on any atom is -0.297 e. The maximum atomic E-state index is 2.84. The lowest BCUT2D eigenvalue weighted by atomic mass is 9.68. The highest BCUT2D eigenvalue weighted by Gasteiger charge is 2.62. The monoisotopic (exact) mass is 312 g/mol. The van der Waals surface area contributed by atoms with Crippen LogP contribution in [0.1, 0.15) is 45.6 Å². The van der Waals surface area contributed by atoms with E-state index >= 15 is 0 Å². The Balaban J connectivity index is 1.37. The molecule has 0 radical (unpaired) electrons. The third-order valence-electron chi connectivity index (χ3n) is 7.84. The first-order valence-corrected chi connectivity index (χ1v) is 9.51. The van der Waals surface area contributed by atoms with Gasteiger partial charge in [0.15, 0.2) is 0 Å². The van der Waals surface area contributed by atoms with Gasteiger partial charge in [0, 0.05) is 38.8 Å². The van der Waals surface area contributed by atoms with Gasteiger partial charge in [0.05, 0.1) is 0 Å². The van der Waals surface area contributed by atoms with Crippen LogP contribution in [0.3, 0.4) is 0 Å². The van der Waals surface area contributed by atoms with E-state index in [-0.39, 0.29) is 0 Å². The van der Waals surface area contributed by atoms with E-state index in [9.17, 15) is 0 Å². The summed E-state index contributed by atoms with van der Waals surface area (Å²) in [4.78, 5) is 5.47. The van der Waals surface area contributed by atoms with Crippen molar-refractivity contribution in [2.75, 3.05) is 26.2 Å². The molecule has 126 valence electrons. The van der Waals surface area contributed by atoms with Crippen molar-refractivity contribution in [2.24, 2.45) is 16.7 Å². The Kier molecular flexibility index (Phi) is 3.81. The molecule has 23 heavy (non-hydrogen) atoms. The summed E-state index contributed by atoms with van der Waals surface area (Å²) in [6.07, 6.45) is 4.36. The van der Waals surface area contributed by atoms with E-state index in [1.165, 1.54) is 51.0 Å². The van der Waals surface area contributed by atoms with E-state index in [2.05, 4.69) is 60.9 Å². The molecule has 0 aromatic heterocycles. The van der Waals surface area contributed by atoms with Gasteiger partial charge in [0.2, 0.25) is 0 Å². The van der Waals surface area contributed by atoms with Gasteiger partial charge in [0.1, 0.15) is 0 Å². The van der Waals surface area contributed by atoms with Crippen molar-refractivity contribution < 1.29 is 0 Å². The zero-order valence-electron chi connectivity index (χ0n) is 15.1. The molecule has 0 amide bonds. The summed E-state index contributed by atoms with van der Waals surface area (Å²) in [5.41, 5.74) is 2.53. The van der Waals surface area contributed by atoms with Gasteiger partial charge < -0.3 is 0 Å². The second-order valence-electron chi connectivity index (χ2n) is 8.92. The smallest absolute Gasteiger partial charge is 0.0234 e. The Morgan fingerprint density at radius 1 is 1.00 bits per heavy atom. The molecule has 0 spiro atoms. The summed E-state index contributed by atoms with van der Waals surface area (Å²) in [7, 11) is 0. The number of piperazine rings is 1. The van der Waals surface area contributed by atoms with E-state index in [1.807, 2.05) is 0 Å². The number of rotatable bonds is 3. The summed E-state index contributed by atoms with van der Waals surface area (Å²) in [6.45, 7) is 13.8. The molecule has 3 aliphatic rings. The molecule has 0 N–H and O–H groups in total. The van der Waals surface area contributed by atoms with Gasteiger partial charge >= 0.3 is 0 Å². The highest BCUT2D eigenvalue weighted by atomic mass is 15.3. The predicted molar refractivity (Wildman–Crippen MR) is 96.3 cm³/mol. The Bertz CT molecular complexity index is 544. The zero-order chi connectivity index (χ0) is 16.1. The van der Waals surface area contributed by atoms with Crippen LogP contribution in [0.15, 0.2) is 30.3 Å². The number of fused-ring (bicyclic) bond motifs is 2. The van der Waals surface area contributed by atoms with Crippen molar-refractivity contribution in [2.45, 2.75) is 52.6 Å². The molecule has 4 rings (SSSR count). The lowest BCUT2D eigenvalue weighted by molar-refractivity contribution is 0.0113. The SMILES string of the molecule is CC1(C)[C@@H]2CC[C@]1(C)[C@H](N1CCN(Cc3ccccc3)CC1)C2. The number of hydrogen-bond donors (Lipinski definition) is 0. The van der Waals surface area contributed by atoms with Crippen LogP contribution in [0, 0.1) is 16.7 Å². The molecule has 1 aromatic rings. The summed E-state index contributed by atoms with van der Waals surface area (Å²) in [5.74, 6) is 0.958. The molecule has 2 saturated carbocycles. The van der Waals surface area contributed by atoms with Crippen molar-refractivity contribution >= 4 is 0 Å². The zero-order valence-corrected chi connectivity index (χ0v) is 15.1. The summed E-state index contributed by atoms with van der Waals surface area (Å²) in [5, 5.41) is 0. The second-order valence-corrected chi connectivity index (χ2v) is 8.92. The largest absolute Gasteiger partial charge is 0.297 e. The number of benzene rings is 1. The average molecular weight is 313 g/mol. The maximum absolute atomic E-state index is 2.84. The summed E-state index contributed by atoms with van der Waals surface area (Å²) >= 11 is 0. The van der Waals surface area contributed by atoms with E-state index < -0.39 is 0 Å². The lowest BCUT2D eigenvalue weighted by Gasteiger charge is -2.47. The van der Waals surface area contributed by atoms with E-state index in [1.54, 1.807) is 0 Å². The van der Waals surface area contributed by atoms with Gasteiger partial charge in [-0.1, -0.05) is 51.1 Å². The molecular formula is C21H32N2. The highest BCUT2D eigenvalue weighted by Crippen LogP contribution is 2.66. The van der Waals surface area contributed by atoms with Gasteiger partial charge in [-0.3, -0.25) is 9.80 Å². The third kappa shape index (κ3) is 2.46. The normalized spacial score (nSPS) is 37.3. The van der Waals surface area contributed by atoms with Gasteiger partial charge in [-0.05, 0) is 41.6 Å². The molecule has 2 nitrogen and oxygen atoms in total. The Labute approximate surface area is 141 Å². The maximum Gasteiger partial charge on any atom is 0.0234 e. The molecule has 3 fully saturated rings. The van der Waals surface area contributed by atoms with Crippen LogP contribution in [0.5, 0.6) is 0 Å². The second kappa shape index (κ2) is 5.60. The van der Waals surface area contributed by atoms with Gasteiger partial charge in [-0.25, -0.2) is 0 Å². The van der Waals surface area contributed by atoms with E-state index in [0.717, 1.165) is 18.5 Å². The van der Waals surface area contributed by atoms with Gasteiger partial charge in [-0.15, -0.1) is 0 Å². The van der Waals surface area contributed by atoms with Crippen molar-refractivity contribution in [3.63, 3.8) is 0 Å². The van der Waals surface area contributed by atoms with Crippen molar-refractivity contribution in [1.82, 2.24) is 9.80 Å². The summed E-state index contributed by atoms with van der Waals surface area (Å²) in [6, 6.07) is 11.8. The molecule has 1 aliphatic heterocycles. The first-order valence-electron chi connectivity index (χ1n) is 9.51. The summed E-state index contributed by atoms with van der Waals surface area (Å²) < 4.78 is 0. The fourth-order valence-corrected chi connectivity index (χ4v) is 5.79. The molecular weight excluding hydrogens is 280 g/mol. The standard InChI is InChI=1S/C21H32N2/c1-20(2)18-9-10-21(20,3)19(15-18)23-13-11-22(12-14-23)16-17-7-5-4-6-8-17/h4-8,18-19H,9-16H2,1-3H3/t18-,19-,21-/m1/s1. The first-order chi connectivity index (χ1) is 11.0. The Morgan fingerprint density at radius 3 is 2.26 bits per heavy atom. The number of hydrogen-bond acceptors (Lipinski definition) is 2. The van der Waals surface area contributed by atoms with Crippen LogP contribution >= 0.6 is 0 Å².